The van der Waals surface area contributed by atoms with Gasteiger partial charge in [-0.15, -0.1) is 11.3 Å². The molecule has 0 spiro atoms. The average Bonchev–Trinajstić information content (AvgIpc) is 3.24. The van der Waals surface area contributed by atoms with Crippen LogP contribution in [-0.4, -0.2) is 31.7 Å². The number of ether oxygens (including phenoxy) is 1. The lowest BCUT2D eigenvalue weighted by Crippen LogP contribution is -2.24. The molecule has 0 bridgehead atoms. The summed E-state index contributed by atoms with van der Waals surface area (Å²) in [7, 11) is 0. The minimum atomic E-state index is -0.317. The predicted molar refractivity (Wildman–Crippen MR) is 93.0 cm³/mol. The van der Waals surface area contributed by atoms with Crippen molar-refractivity contribution in [2.24, 2.45) is 0 Å². The molecular formula is C18H16N2O3S. The Morgan fingerprint density at radius 2 is 2.12 bits per heavy atom. The molecule has 24 heavy (non-hydrogen) atoms. The fourth-order valence-electron chi connectivity index (χ4n) is 2.28. The van der Waals surface area contributed by atoms with Gasteiger partial charge in [-0.25, -0.2) is 4.79 Å². The monoisotopic (exact) mass is 340 g/mol. The van der Waals surface area contributed by atoms with Crippen LogP contribution in [0, 0.1) is 11.8 Å². The van der Waals surface area contributed by atoms with Crippen LogP contribution < -0.4 is 10.2 Å². The number of nitrogens with one attached hydrogen (secondary N) is 1. The Bertz CT molecular complexity index is 773. The summed E-state index contributed by atoms with van der Waals surface area (Å²) in [6, 6.07) is 11.2. The Labute approximate surface area is 144 Å². The third kappa shape index (κ3) is 4.15. The normalized spacial score (nSPS) is 13.2. The zero-order valence-electron chi connectivity index (χ0n) is 13.0. The molecule has 0 atom stereocenters. The third-order valence-electron chi connectivity index (χ3n) is 3.46. The molecule has 0 aliphatic carbocycles. The topological polar surface area (TPSA) is 58.6 Å². The molecule has 2 heterocycles. The van der Waals surface area contributed by atoms with E-state index in [1.807, 2.05) is 41.8 Å². The first-order valence-electron chi connectivity index (χ1n) is 7.55. The standard InChI is InChI=1S/C18H16N2O3S/c21-17(13-16-4-2-12-24-16)19-9-1-3-14-5-7-15(8-6-14)20-10-11-23-18(20)22/h2,4-8,12H,9-11,13H2,(H,19,21). The molecule has 2 aromatic rings. The molecule has 2 amide bonds. The molecule has 5 nitrogen and oxygen atoms in total. The van der Waals surface area contributed by atoms with E-state index in [0.717, 1.165) is 16.1 Å². The maximum Gasteiger partial charge on any atom is 0.414 e. The lowest BCUT2D eigenvalue weighted by atomic mass is 10.2. The number of anilines is 1. The van der Waals surface area contributed by atoms with Gasteiger partial charge in [0.05, 0.1) is 19.5 Å². The van der Waals surface area contributed by atoms with Crippen molar-refractivity contribution in [3.63, 3.8) is 0 Å². The number of benzene rings is 1. The molecular weight excluding hydrogens is 324 g/mol. The van der Waals surface area contributed by atoms with E-state index >= 15 is 0 Å². The van der Waals surface area contributed by atoms with Gasteiger partial charge in [0.25, 0.3) is 0 Å². The highest BCUT2D eigenvalue weighted by Crippen LogP contribution is 2.18. The van der Waals surface area contributed by atoms with Crippen LogP contribution in [-0.2, 0) is 16.0 Å². The van der Waals surface area contributed by atoms with E-state index < -0.39 is 0 Å². The highest BCUT2D eigenvalue weighted by atomic mass is 32.1. The second-order valence-electron chi connectivity index (χ2n) is 5.15. The van der Waals surface area contributed by atoms with Gasteiger partial charge < -0.3 is 10.1 Å². The fourth-order valence-corrected chi connectivity index (χ4v) is 2.98. The van der Waals surface area contributed by atoms with Crippen LogP contribution in [0.2, 0.25) is 0 Å². The number of thiophene rings is 1. The number of carbonyl (C=O) groups is 2. The van der Waals surface area contributed by atoms with Crippen LogP contribution in [0.25, 0.3) is 0 Å². The molecule has 1 aliphatic heterocycles. The largest absolute Gasteiger partial charge is 0.447 e. The zero-order valence-corrected chi connectivity index (χ0v) is 13.8. The molecule has 1 aromatic carbocycles. The first-order chi connectivity index (χ1) is 11.7. The molecule has 1 N–H and O–H groups in total. The van der Waals surface area contributed by atoms with Crippen molar-refractivity contribution in [3.05, 3.63) is 52.2 Å². The van der Waals surface area contributed by atoms with Crippen molar-refractivity contribution in [3.8, 4) is 11.8 Å². The van der Waals surface area contributed by atoms with Crippen molar-refractivity contribution < 1.29 is 14.3 Å². The molecule has 122 valence electrons. The molecule has 0 unspecified atom stereocenters. The number of cyclic esters (lactones) is 1. The van der Waals surface area contributed by atoms with E-state index in [2.05, 4.69) is 17.2 Å². The van der Waals surface area contributed by atoms with Crippen LogP contribution in [0.15, 0.2) is 41.8 Å². The van der Waals surface area contributed by atoms with Crippen LogP contribution in [0.3, 0.4) is 0 Å². The summed E-state index contributed by atoms with van der Waals surface area (Å²) in [5, 5.41) is 4.73. The molecule has 0 radical (unpaired) electrons. The maximum absolute atomic E-state index is 11.7. The van der Waals surface area contributed by atoms with Gasteiger partial charge in [-0.2, -0.15) is 0 Å². The number of hydrogen-bond acceptors (Lipinski definition) is 4. The first-order valence-corrected chi connectivity index (χ1v) is 8.42. The Kier molecular flexibility index (Phi) is 5.14. The lowest BCUT2D eigenvalue weighted by molar-refractivity contribution is -0.120. The zero-order chi connectivity index (χ0) is 16.8. The predicted octanol–water partition coefficient (Wildman–Crippen LogP) is 2.42. The summed E-state index contributed by atoms with van der Waals surface area (Å²) in [4.78, 5) is 25.8. The van der Waals surface area contributed by atoms with Crippen molar-refractivity contribution in [2.75, 3.05) is 24.6 Å². The summed E-state index contributed by atoms with van der Waals surface area (Å²) in [5.74, 6) is 5.88. The van der Waals surface area contributed by atoms with E-state index in [4.69, 9.17) is 4.74 Å². The summed E-state index contributed by atoms with van der Waals surface area (Å²) in [6.07, 6.45) is 0.0715. The van der Waals surface area contributed by atoms with E-state index in [1.54, 1.807) is 16.2 Å². The SMILES string of the molecule is O=C(Cc1cccs1)NCC#Cc1ccc(N2CCOC2=O)cc1. The van der Waals surface area contributed by atoms with Crippen molar-refractivity contribution in [1.82, 2.24) is 5.32 Å². The summed E-state index contributed by atoms with van der Waals surface area (Å²) in [5.41, 5.74) is 1.63. The lowest BCUT2D eigenvalue weighted by Gasteiger charge is -2.11. The molecule has 0 saturated carbocycles. The van der Waals surface area contributed by atoms with Gasteiger partial charge in [-0.3, -0.25) is 9.69 Å². The van der Waals surface area contributed by atoms with Crippen LogP contribution in [0.1, 0.15) is 10.4 Å². The van der Waals surface area contributed by atoms with E-state index in [1.165, 1.54) is 0 Å². The number of nitrogens with zero attached hydrogens (tertiary/aromatic N) is 1. The number of carbonyl (C=O) groups excluding carboxylic acids is 2. The highest BCUT2D eigenvalue weighted by Gasteiger charge is 2.23. The van der Waals surface area contributed by atoms with Crippen LogP contribution in [0.5, 0.6) is 0 Å². The molecule has 6 heteroatoms. The smallest absolute Gasteiger partial charge is 0.414 e. The molecule has 1 aliphatic rings. The maximum atomic E-state index is 11.7. The van der Waals surface area contributed by atoms with Crippen molar-refractivity contribution >= 4 is 29.0 Å². The Balaban J connectivity index is 1.49. The summed E-state index contributed by atoms with van der Waals surface area (Å²) < 4.78 is 4.91. The minimum absolute atomic E-state index is 0.0327. The molecule has 1 saturated heterocycles. The van der Waals surface area contributed by atoms with E-state index in [0.29, 0.717) is 26.1 Å². The van der Waals surface area contributed by atoms with Gasteiger partial charge in [-0.1, -0.05) is 17.9 Å². The first kappa shape index (κ1) is 16.1. The summed E-state index contributed by atoms with van der Waals surface area (Å²) >= 11 is 1.57. The van der Waals surface area contributed by atoms with Crippen LogP contribution >= 0.6 is 11.3 Å². The Morgan fingerprint density at radius 3 is 2.79 bits per heavy atom. The quantitative estimate of drug-likeness (QED) is 0.870. The fraction of sp³-hybridized carbons (Fsp3) is 0.222. The number of rotatable bonds is 4. The van der Waals surface area contributed by atoms with Crippen LogP contribution in [0.4, 0.5) is 10.5 Å². The summed E-state index contributed by atoms with van der Waals surface area (Å²) in [6.45, 7) is 1.30. The van der Waals surface area contributed by atoms with Gasteiger partial charge in [-0.05, 0) is 35.7 Å². The second-order valence-corrected chi connectivity index (χ2v) is 6.18. The van der Waals surface area contributed by atoms with Gasteiger partial charge in [0.1, 0.15) is 6.61 Å². The average molecular weight is 340 g/mol. The van der Waals surface area contributed by atoms with Gasteiger partial charge in [0.2, 0.25) is 5.91 Å². The van der Waals surface area contributed by atoms with Crippen molar-refractivity contribution in [2.45, 2.75) is 6.42 Å². The van der Waals surface area contributed by atoms with Gasteiger partial charge in [0, 0.05) is 16.1 Å². The Hall–Kier alpha value is -2.78. The highest BCUT2D eigenvalue weighted by molar-refractivity contribution is 7.10. The van der Waals surface area contributed by atoms with Gasteiger partial charge in [0.15, 0.2) is 0 Å². The molecule has 3 rings (SSSR count). The van der Waals surface area contributed by atoms with E-state index in [9.17, 15) is 9.59 Å². The minimum Gasteiger partial charge on any atom is -0.447 e. The van der Waals surface area contributed by atoms with E-state index in [-0.39, 0.29) is 12.0 Å². The molecule has 1 fully saturated rings. The number of hydrogen-bond donors (Lipinski definition) is 1. The second kappa shape index (κ2) is 7.66. The number of amides is 2. The molecule has 1 aromatic heterocycles. The Morgan fingerprint density at radius 1 is 1.29 bits per heavy atom. The van der Waals surface area contributed by atoms with Gasteiger partial charge >= 0.3 is 6.09 Å². The van der Waals surface area contributed by atoms with Crippen molar-refractivity contribution in [1.29, 1.82) is 0 Å². The third-order valence-corrected chi connectivity index (χ3v) is 4.34.